The standard InChI is InChI=1S/C16H22N4O/c1-3-17-14-10-15(20-16(19-14)12-6-7-12)18-11(2)9-13-5-4-8-21-13/h4-5,8,10-12H,3,6-7,9H2,1-2H3,(H2,17,18,19,20). The van der Waals surface area contributed by atoms with Crippen molar-refractivity contribution in [1.29, 1.82) is 0 Å². The van der Waals surface area contributed by atoms with Gasteiger partial charge in [-0.25, -0.2) is 9.97 Å². The number of hydrogen-bond acceptors (Lipinski definition) is 5. The lowest BCUT2D eigenvalue weighted by Crippen LogP contribution is -2.19. The van der Waals surface area contributed by atoms with Gasteiger partial charge in [0.25, 0.3) is 0 Å². The molecule has 2 heterocycles. The molecule has 0 amide bonds. The van der Waals surface area contributed by atoms with Crippen molar-refractivity contribution in [3.05, 3.63) is 36.0 Å². The number of anilines is 2. The van der Waals surface area contributed by atoms with Gasteiger partial charge >= 0.3 is 0 Å². The highest BCUT2D eigenvalue weighted by Crippen LogP contribution is 2.38. The molecule has 0 saturated heterocycles. The molecular weight excluding hydrogens is 264 g/mol. The van der Waals surface area contributed by atoms with Crippen LogP contribution < -0.4 is 10.6 Å². The zero-order valence-corrected chi connectivity index (χ0v) is 12.6. The first-order chi connectivity index (χ1) is 10.2. The molecule has 1 aliphatic carbocycles. The number of furan rings is 1. The SMILES string of the molecule is CCNc1cc(NC(C)Cc2ccco2)nc(C2CC2)n1. The van der Waals surface area contributed by atoms with Gasteiger partial charge in [-0.3, -0.25) is 0 Å². The van der Waals surface area contributed by atoms with Crippen LogP contribution in [0.4, 0.5) is 11.6 Å². The molecule has 1 aliphatic rings. The second-order valence-corrected chi connectivity index (χ2v) is 5.63. The fourth-order valence-corrected chi connectivity index (χ4v) is 2.37. The predicted octanol–water partition coefficient (Wildman–Crippen LogP) is 3.42. The number of hydrogen-bond donors (Lipinski definition) is 2. The van der Waals surface area contributed by atoms with Crippen LogP contribution in [0, 0.1) is 0 Å². The van der Waals surface area contributed by atoms with Gasteiger partial charge in [0.15, 0.2) is 0 Å². The second kappa shape index (κ2) is 6.16. The zero-order chi connectivity index (χ0) is 14.7. The smallest absolute Gasteiger partial charge is 0.136 e. The fourth-order valence-electron chi connectivity index (χ4n) is 2.37. The van der Waals surface area contributed by atoms with E-state index < -0.39 is 0 Å². The normalized spacial score (nSPS) is 15.7. The minimum absolute atomic E-state index is 0.257. The summed E-state index contributed by atoms with van der Waals surface area (Å²) in [6, 6.07) is 6.15. The topological polar surface area (TPSA) is 63.0 Å². The van der Waals surface area contributed by atoms with Gasteiger partial charge in [-0.15, -0.1) is 0 Å². The predicted molar refractivity (Wildman–Crippen MR) is 83.7 cm³/mol. The van der Waals surface area contributed by atoms with Crippen molar-refractivity contribution in [3.8, 4) is 0 Å². The zero-order valence-electron chi connectivity index (χ0n) is 12.6. The summed E-state index contributed by atoms with van der Waals surface area (Å²) in [6.07, 6.45) is 4.96. The van der Waals surface area contributed by atoms with Crippen molar-refractivity contribution in [2.75, 3.05) is 17.2 Å². The summed E-state index contributed by atoms with van der Waals surface area (Å²) in [4.78, 5) is 9.24. The molecule has 1 fully saturated rings. The molecule has 5 nitrogen and oxygen atoms in total. The van der Waals surface area contributed by atoms with Crippen molar-refractivity contribution in [2.24, 2.45) is 0 Å². The molecule has 1 saturated carbocycles. The molecule has 0 aromatic carbocycles. The first-order valence-corrected chi connectivity index (χ1v) is 7.66. The summed E-state index contributed by atoms with van der Waals surface area (Å²) in [5.41, 5.74) is 0. The van der Waals surface area contributed by atoms with Gasteiger partial charge in [0.05, 0.1) is 6.26 Å². The van der Waals surface area contributed by atoms with Gasteiger partial charge in [0.1, 0.15) is 23.2 Å². The lowest BCUT2D eigenvalue weighted by molar-refractivity contribution is 0.497. The molecule has 1 unspecified atom stereocenters. The highest BCUT2D eigenvalue weighted by Gasteiger charge is 2.27. The number of rotatable bonds is 7. The molecule has 0 bridgehead atoms. The Bertz CT molecular complexity index is 578. The summed E-state index contributed by atoms with van der Waals surface area (Å²) >= 11 is 0. The lowest BCUT2D eigenvalue weighted by Gasteiger charge is -2.15. The molecule has 1 atom stereocenters. The molecule has 21 heavy (non-hydrogen) atoms. The third-order valence-electron chi connectivity index (χ3n) is 3.53. The number of aromatic nitrogens is 2. The van der Waals surface area contributed by atoms with E-state index in [2.05, 4.69) is 34.4 Å². The van der Waals surface area contributed by atoms with Crippen molar-refractivity contribution >= 4 is 11.6 Å². The Labute approximate surface area is 125 Å². The molecule has 0 spiro atoms. The van der Waals surface area contributed by atoms with E-state index in [0.717, 1.165) is 36.2 Å². The summed E-state index contributed by atoms with van der Waals surface area (Å²) in [7, 11) is 0. The maximum Gasteiger partial charge on any atom is 0.136 e. The molecule has 3 rings (SSSR count). The Morgan fingerprint density at radius 3 is 2.81 bits per heavy atom. The Kier molecular flexibility index (Phi) is 4.08. The molecule has 112 valence electrons. The van der Waals surface area contributed by atoms with Crippen LogP contribution in [-0.2, 0) is 6.42 Å². The van der Waals surface area contributed by atoms with Gasteiger partial charge < -0.3 is 15.1 Å². The molecule has 5 heteroatoms. The second-order valence-electron chi connectivity index (χ2n) is 5.63. The third kappa shape index (κ3) is 3.74. The van der Waals surface area contributed by atoms with Crippen LogP contribution in [-0.4, -0.2) is 22.6 Å². The van der Waals surface area contributed by atoms with E-state index in [1.807, 2.05) is 18.2 Å². The summed E-state index contributed by atoms with van der Waals surface area (Å²) in [5.74, 6) is 4.29. The van der Waals surface area contributed by atoms with Crippen molar-refractivity contribution < 1.29 is 4.42 Å². The molecule has 2 N–H and O–H groups in total. The molecule has 2 aromatic heterocycles. The Morgan fingerprint density at radius 1 is 1.33 bits per heavy atom. The van der Waals surface area contributed by atoms with E-state index in [4.69, 9.17) is 4.42 Å². The first-order valence-electron chi connectivity index (χ1n) is 7.66. The first kappa shape index (κ1) is 13.9. The molecule has 0 aliphatic heterocycles. The number of nitrogens with one attached hydrogen (secondary N) is 2. The van der Waals surface area contributed by atoms with Crippen LogP contribution in [0.25, 0.3) is 0 Å². The van der Waals surface area contributed by atoms with E-state index in [9.17, 15) is 0 Å². The summed E-state index contributed by atoms with van der Waals surface area (Å²) in [5, 5.41) is 6.73. The summed E-state index contributed by atoms with van der Waals surface area (Å²) < 4.78 is 5.39. The highest BCUT2D eigenvalue weighted by atomic mass is 16.3. The van der Waals surface area contributed by atoms with Gasteiger partial charge in [0.2, 0.25) is 0 Å². The highest BCUT2D eigenvalue weighted by molar-refractivity contribution is 5.48. The molecule has 0 radical (unpaired) electrons. The van der Waals surface area contributed by atoms with Crippen LogP contribution in [0.1, 0.15) is 44.2 Å². The van der Waals surface area contributed by atoms with E-state index in [0.29, 0.717) is 5.92 Å². The maximum atomic E-state index is 5.39. The lowest BCUT2D eigenvalue weighted by atomic mass is 10.2. The van der Waals surface area contributed by atoms with E-state index in [-0.39, 0.29) is 6.04 Å². The Morgan fingerprint density at radius 2 is 2.14 bits per heavy atom. The Balaban J connectivity index is 1.70. The van der Waals surface area contributed by atoms with Gasteiger partial charge in [-0.1, -0.05) is 0 Å². The fraction of sp³-hybridized carbons (Fsp3) is 0.500. The molecule has 2 aromatic rings. The average Bonchev–Trinajstić information content (AvgIpc) is 3.18. The van der Waals surface area contributed by atoms with Crippen LogP contribution in [0.15, 0.2) is 28.9 Å². The van der Waals surface area contributed by atoms with Crippen molar-refractivity contribution in [3.63, 3.8) is 0 Å². The van der Waals surface area contributed by atoms with Crippen LogP contribution in [0.5, 0.6) is 0 Å². The average molecular weight is 286 g/mol. The van der Waals surface area contributed by atoms with Crippen LogP contribution >= 0.6 is 0 Å². The number of nitrogens with zero attached hydrogens (tertiary/aromatic N) is 2. The third-order valence-corrected chi connectivity index (χ3v) is 3.53. The van der Waals surface area contributed by atoms with Crippen molar-refractivity contribution in [2.45, 2.75) is 45.1 Å². The van der Waals surface area contributed by atoms with Gasteiger partial charge in [-0.05, 0) is 38.8 Å². The van der Waals surface area contributed by atoms with Gasteiger partial charge in [-0.2, -0.15) is 0 Å². The Hall–Kier alpha value is -2.04. The summed E-state index contributed by atoms with van der Waals surface area (Å²) in [6.45, 7) is 5.07. The van der Waals surface area contributed by atoms with E-state index >= 15 is 0 Å². The van der Waals surface area contributed by atoms with Crippen LogP contribution in [0.3, 0.4) is 0 Å². The largest absolute Gasteiger partial charge is 0.469 e. The van der Waals surface area contributed by atoms with E-state index in [1.54, 1.807) is 6.26 Å². The van der Waals surface area contributed by atoms with Crippen molar-refractivity contribution in [1.82, 2.24) is 9.97 Å². The monoisotopic (exact) mass is 286 g/mol. The maximum absolute atomic E-state index is 5.39. The van der Waals surface area contributed by atoms with E-state index in [1.165, 1.54) is 12.8 Å². The minimum atomic E-state index is 0.257. The molecular formula is C16H22N4O. The van der Waals surface area contributed by atoms with Crippen LogP contribution in [0.2, 0.25) is 0 Å². The quantitative estimate of drug-likeness (QED) is 0.816. The minimum Gasteiger partial charge on any atom is -0.469 e. The van der Waals surface area contributed by atoms with Gasteiger partial charge in [0, 0.05) is 31.0 Å².